The van der Waals surface area contributed by atoms with Crippen LogP contribution in [0.15, 0.2) is 35.1 Å². The molecule has 0 N–H and O–H groups in total. The van der Waals surface area contributed by atoms with Crippen LogP contribution in [0, 0.1) is 11.3 Å². The van der Waals surface area contributed by atoms with Gasteiger partial charge in [0.25, 0.3) is 0 Å². The van der Waals surface area contributed by atoms with Crippen molar-refractivity contribution in [2.24, 2.45) is 0 Å². The van der Waals surface area contributed by atoms with Crippen LogP contribution >= 0.6 is 15.9 Å². The molecule has 2 rings (SSSR count). The molecule has 0 bridgehead atoms. The van der Waals surface area contributed by atoms with Crippen molar-refractivity contribution in [1.29, 1.82) is 5.26 Å². The van der Waals surface area contributed by atoms with E-state index in [1.807, 2.05) is 6.07 Å². The topological polar surface area (TPSA) is 41.6 Å². The Balaban J connectivity index is 2.54. The molecule has 1 aromatic heterocycles. The van der Waals surface area contributed by atoms with Crippen molar-refractivity contribution in [3.05, 3.63) is 46.2 Å². The predicted molar refractivity (Wildman–Crippen MR) is 61.0 cm³/mol. The largest absolute Gasteiger partial charge is 0.419 e. The number of hydrogen-bond acceptors (Lipinski definition) is 2. The van der Waals surface area contributed by atoms with Crippen LogP contribution in [0.5, 0.6) is 0 Å². The van der Waals surface area contributed by atoms with E-state index >= 15 is 0 Å². The highest BCUT2D eigenvalue weighted by Gasteiger charge is 2.32. The second-order valence-electron chi connectivity index (χ2n) is 3.42. The first-order valence-corrected chi connectivity index (χ1v) is 5.53. The van der Waals surface area contributed by atoms with E-state index in [9.17, 15) is 13.2 Å². The van der Waals surface area contributed by atoms with Crippen LogP contribution in [-0.4, -0.2) is 9.78 Å². The summed E-state index contributed by atoms with van der Waals surface area (Å²) in [7, 11) is 0. The van der Waals surface area contributed by atoms with Gasteiger partial charge in [-0.3, -0.25) is 0 Å². The Labute approximate surface area is 109 Å². The Kier molecular flexibility index (Phi) is 3.13. The average molecular weight is 316 g/mol. The number of nitriles is 1. The molecule has 0 fully saturated rings. The van der Waals surface area contributed by atoms with Crippen LogP contribution < -0.4 is 0 Å². The minimum Gasteiger partial charge on any atom is -0.239 e. The van der Waals surface area contributed by atoms with E-state index in [1.54, 1.807) is 12.1 Å². The molecule has 0 aliphatic rings. The summed E-state index contributed by atoms with van der Waals surface area (Å²) >= 11 is 3.17. The third-order valence-corrected chi connectivity index (χ3v) is 2.92. The van der Waals surface area contributed by atoms with Gasteiger partial charge in [-0.25, -0.2) is 4.68 Å². The molecule has 1 aromatic carbocycles. The zero-order valence-corrected chi connectivity index (χ0v) is 10.3. The zero-order chi connectivity index (χ0) is 13.3. The standard InChI is InChI=1S/C11H5BrF3N3/c12-9-2-1-3-10(8(9)4-16)18-6-7(5-17-18)11(13,14)15/h1-3,5-6H. The highest BCUT2D eigenvalue weighted by atomic mass is 79.9. The van der Waals surface area contributed by atoms with Crippen LogP contribution in [0.2, 0.25) is 0 Å². The van der Waals surface area contributed by atoms with Crippen molar-refractivity contribution in [2.75, 3.05) is 0 Å². The summed E-state index contributed by atoms with van der Waals surface area (Å²) in [6.45, 7) is 0. The number of hydrogen-bond donors (Lipinski definition) is 0. The Hall–Kier alpha value is -1.81. The second-order valence-corrected chi connectivity index (χ2v) is 4.27. The quantitative estimate of drug-likeness (QED) is 0.808. The van der Waals surface area contributed by atoms with Crippen molar-refractivity contribution in [3.8, 4) is 11.8 Å². The summed E-state index contributed by atoms with van der Waals surface area (Å²) in [5.41, 5.74) is -0.330. The van der Waals surface area contributed by atoms with E-state index in [-0.39, 0.29) is 5.56 Å². The molecule has 7 heteroatoms. The molecule has 0 saturated carbocycles. The first-order chi connectivity index (χ1) is 8.43. The van der Waals surface area contributed by atoms with Gasteiger partial charge in [0.2, 0.25) is 0 Å². The van der Waals surface area contributed by atoms with E-state index in [4.69, 9.17) is 5.26 Å². The first kappa shape index (κ1) is 12.6. The maximum Gasteiger partial charge on any atom is 0.419 e. The Morgan fingerprint density at radius 2 is 2.06 bits per heavy atom. The number of nitrogens with zero attached hydrogens (tertiary/aromatic N) is 3. The summed E-state index contributed by atoms with van der Waals surface area (Å²) in [5, 5.41) is 12.6. The minimum atomic E-state index is -4.45. The highest BCUT2D eigenvalue weighted by molar-refractivity contribution is 9.10. The molecule has 3 nitrogen and oxygen atoms in total. The third-order valence-electron chi connectivity index (χ3n) is 2.26. The molecule has 0 unspecified atom stereocenters. The molecule has 0 amide bonds. The van der Waals surface area contributed by atoms with E-state index < -0.39 is 11.7 Å². The number of alkyl halides is 3. The summed E-state index contributed by atoms with van der Waals surface area (Å²) in [4.78, 5) is 0. The fourth-order valence-corrected chi connectivity index (χ4v) is 1.86. The molecule has 0 atom stereocenters. The average Bonchev–Trinajstić information content (AvgIpc) is 2.77. The van der Waals surface area contributed by atoms with E-state index in [1.165, 1.54) is 6.07 Å². The van der Waals surface area contributed by atoms with Gasteiger partial charge in [-0.1, -0.05) is 6.07 Å². The van der Waals surface area contributed by atoms with Gasteiger partial charge in [-0.05, 0) is 28.1 Å². The monoisotopic (exact) mass is 315 g/mol. The minimum absolute atomic E-state index is 0.231. The molecule has 0 saturated heterocycles. The van der Waals surface area contributed by atoms with E-state index in [0.717, 1.165) is 17.1 Å². The Morgan fingerprint density at radius 1 is 1.33 bits per heavy atom. The van der Waals surface area contributed by atoms with Crippen molar-refractivity contribution >= 4 is 15.9 Å². The van der Waals surface area contributed by atoms with Crippen molar-refractivity contribution in [2.45, 2.75) is 6.18 Å². The number of aromatic nitrogens is 2. The van der Waals surface area contributed by atoms with Crippen LogP contribution in [0.3, 0.4) is 0 Å². The maximum absolute atomic E-state index is 12.5. The van der Waals surface area contributed by atoms with E-state index in [0.29, 0.717) is 10.2 Å². The SMILES string of the molecule is N#Cc1c(Br)cccc1-n1cc(C(F)(F)F)cn1. The predicted octanol–water partition coefficient (Wildman–Crippen LogP) is 3.53. The molecule has 1 heterocycles. The van der Waals surface area contributed by atoms with E-state index in [2.05, 4.69) is 21.0 Å². The lowest BCUT2D eigenvalue weighted by atomic mass is 10.2. The fourth-order valence-electron chi connectivity index (χ4n) is 1.42. The normalized spacial score (nSPS) is 11.3. The second kappa shape index (κ2) is 4.46. The summed E-state index contributed by atoms with van der Waals surface area (Å²) in [5.74, 6) is 0. The van der Waals surface area contributed by atoms with Crippen molar-refractivity contribution in [1.82, 2.24) is 9.78 Å². The summed E-state index contributed by atoms with van der Waals surface area (Å²) in [6, 6.07) is 6.70. The lowest BCUT2D eigenvalue weighted by molar-refractivity contribution is -0.137. The smallest absolute Gasteiger partial charge is 0.239 e. The molecular weight excluding hydrogens is 311 g/mol. The summed E-state index contributed by atoms with van der Waals surface area (Å²) in [6.07, 6.45) is -2.87. The van der Waals surface area contributed by atoms with Crippen LogP contribution in [-0.2, 0) is 6.18 Å². The number of rotatable bonds is 1. The lowest BCUT2D eigenvalue weighted by Crippen LogP contribution is -2.03. The van der Waals surface area contributed by atoms with Crippen LogP contribution in [0.1, 0.15) is 11.1 Å². The van der Waals surface area contributed by atoms with Gasteiger partial charge >= 0.3 is 6.18 Å². The molecule has 0 aliphatic carbocycles. The van der Waals surface area contributed by atoms with Crippen molar-refractivity contribution < 1.29 is 13.2 Å². The number of halogens is 4. The highest BCUT2D eigenvalue weighted by Crippen LogP contribution is 2.30. The molecular formula is C11H5BrF3N3. The first-order valence-electron chi connectivity index (χ1n) is 4.74. The molecule has 92 valence electrons. The van der Waals surface area contributed by atoms with Gasteiger partial charge in [0.15, 0.2) is 0 Å². The molecule has 0 radical (unpaired) electrons. The van der Waals surface area contributed by atoms with Gasteiger partial charge < -0.3 is 0 Å². The van der Waals surface area contributed by atoms with Gasteiger partial charge in [0.1, 0.15) is 6.07 Å². The van der Waals surface area contributed by atoms with Crippen LogP contribution in [0.4, 0.5) is 13.2 Å². The third kappa shape index (κ3) is 2.24. The summed E-state index contributed by atoms with van der Waals surface area (Å²) < 4.78 is 38.9. The van der Waals surface area contributed by atoms with Gasteiger partial charge in [0.05, 0.1) is 23.0 Å². The Bertz CT molecular complexity index is 625. The van der Waals surface area contributed by atoms with Gasteiger partial charge in [0, 0.05) is 10.7 Å². The lowest BCUT2D eigenvalue weighted by Gasteiger charge is -2.05. The molecule has 0 aliphatic heterocycles. The molecule has 0 spiro atoms. The number of benzene rings is 1. The van der Waals surface area contributed by atoms with Gasteiger partial charge in [-0.15, -0.1) is 0 Å². The van der Waals surface area contributed by atoms with Crippen LogP contribution in [0.25, 0.3) is 5.69 Å². The van der Waals surface area contributed by atoms with Crippen molar-refractivity contribution in [3.63, 3.8) is 0 Å². The molecule has 18 heavy (non-hydrogen) atoms. The molecule has 2 aromatic rings. The Morgan fingerprint density at radius 3 is 2.61 bits per heavy atom. The maximum atomic E-state index is 12.5. The van der Waals surface area contributed by atoms with Gasteiger partial charge in [-0.2, -0.15) is 23.5 Å². The fraction of sp³-hybridized carbons (Fsp3) is 0.0909. The zero-order valence-electron chi connectivity index (χ0n) is 8.74.